The molecule has 5 heteroatoms. The number of rotatable bonds is 5. The second-order valence-corrected chi connectivity index (χ2v) is 6.10. The molecule has 130 valence electrons. The molecule has 1 N–H and O–H groups in total. The summed E-state index contributed by atoms with van der Waals surface area (Å²) in [6, 6.07) is 15.3. The molecule has 0 saturated carbocycles. The minimum Gasteiger partial charge on any atom is -0.480 e. The van der Waals surface area contributed by atoms with Crippen molar-refractivity contribution in [3.05, 3.63) is 59.7 Å². The van der Waals surface area contributed by atoms with Crippen LogP contribution in [0.4, 0.5) is 4.79 Å². The van der Waals surface area contributed by atoms with Crippen molar-refractivity contribution in [2.45, 2.75) is 25.8 Å². The SMILES string of the molecule is CCN(C(=O)OCC1c2ccccc2-c2ccccc21)[C@H](C)C(=O)O. The molecule has 0 aromatic heterocycles. The van der Waals surface area contributed by atoms with E-state index in [1.165, 1.54) is 11.8 Å². The van der Waals surface area contributed by atoms with Gasteiger partial charge in [0.15, 0.2) is 0 Å². The second kappa shape index (κ2) is 6.97. The lowest BCUT2D eigenvalue weighted by molar-refractivity contribution is -0.142. The number of carboxylic acid groups (broad SMARTS) is 1. The maximum absolute atomic E-state index is 12.3. The molecule has 5 nitrogen and oxygen atoms in total. The summed E-state index contributed by atoms with van der Waals surface area (Å²) < 4.78 is 5.49. The van der Waals surface area contributed by atoms with Crippen LogP contribution >= 0.6 is 0 Å². The zero-order valence-electron chi connectivity index (χ0n) is 14.3. The molecule has 0 aliphatic heterocycles. The highest BCUT2D eigenvalue weighted by atomic mass is 16.6. The summed E-state index contributed by atoms with van der Waals surface area (Å²) in [4.78, 5) is 24.7. The Kier molecular flexibility index (Phi) is 4.74. The molecule has 1 amide bonds. The molecule has 2 aromatic carbocycles. The van der Waals surface area contributed by atoms with Gasteiger partial charge in [-0.2, -0.15) is 0 Å². The number of ether oxygens (including phenoxy) is 1. The van der Waals surface area contributed by atoms with Crippen molar-refractivity contribution in [2.75, 3.05) is 13.2 Å². The number of amides is 1. The lowest BCUT2D eigenvalue weighted by atomic mass is 9.98. The average Bonchev–Trinajstić information content (AvgIpc) is 2.94. The van der Waals surface area contributed by atoms with Crippen LogP contribution in [0.5, 0.6) is 0 Å². The highest BCUT2D eigenvalue weighted by molar-refractivity contribution is 5.80. The Balaban J connectivity index is 1.79. The van der Waals surface area contributed by atoms with Crippen molar-refractivity contribution in [1.29, 1.82) is 0 Å². The van der Waals surface area contributed by atoms with Gasteiger partial charge in [-0.25, -0.2) is 9.59 Å². The number of fused-ring (bicyclic) bond motifs is 3. The maximum atomic E-state index is 12.3. The third-order valence-corrected chi connectivity index (χ3v) is 4.74. The lowest BCUT2D eigenvalue weighted by Gasteiger charge is -2.25. The van der Waals surface area contributed by atoms with E-state index in [0.29, 0.717) is 0 Å². The van der Waals surface area contributed by atoms with E-state index in [4.69, 9.17) is 9.84 Å². The molecular formula is C20H21NO4. The molecule has 1 atom stereocenters. The van der Waals surface area contributed by atoms with Crippen molar-refractivity contribution < 1.29 is 19.4 Å². The number of carboxylic acids is 1. The topological polar surface area (TPSA) is 66.8 Å². The van der Waals surface area contributed by atoms with Gasteiger partial charge < -0.3 is 9.84 Å². The van der Waals surface area contributed by atoms with E-state index in [9.17, 15) is 9.59 Å². The van der Waals surface area contributed by atoms with Crippen molar-refractivity contribution in [3.8, 4) is 11.1 Å². The van der Waals surface area contributed by atoms with Gasteiger partial charge in [0.25, 0.3) is 0 Å². The lowest BCUT2D eigenvalue weighted by Crippen LogP contribution is -2.43. The quantitative estimate of drug-likeness (QED) is 0.901. The highest BCUT2D eigenvalue weighted by Crippen LogP contribution is 2.44. The number of carbonyl (C=O) groups excluding carboxylic acids is 1. The first-order chi connectivity index (χ1) is 12.0. The fourth-order valence-electron chi connectivity index (χ4n) is 3.37. The van der Waals surface area contributed by atoms with Gasteiger partial charge in [0.2, 0.25) is 0 Å². The van der Waals surface area contributed by atoms with E-state index >= 15 is 0 Å². The van der Waals surface area contributed by atoms with Gasteiger partial charge in [-0.15, -0.1) is 0 Å². The van der Waals surface area contributed by atoms with Crippen LogP contribution in [-0.2, 0) is 9.53 Å². The van der Waals surface area contributed by atoms with E-state index in [0.717, 1.165) is 22.3 Å². The number of hydrogen-bond donors (Lipinski definition) is 1. The summed E-state index contributed by atoms with van der Waals surface area (Å²) in [6.07, 6.45) is -0.598. The van der Waals surface area contributed by atoms with Gasteiger partial charge in [0.1, 0.15) is 12.6 Å². The van der Waals surface area contributed by atoms with Crippen LogP contribution < -0.4 is 0 Å². The Bertz CT molecular complexity index is 756. The van der Waals surface area contributed by atoms with Crippen LogP contribution in [0.15, 0.2) is 48.5 Å². The Morgan fingerprint density at radius 1 is 1.08 bits per heavy atom. The predicted molar refractivity (Wildman–Crippen MR) is 94.5 cm³/mol. The average molecular weight is 339 g/mol. The minimum absolute atomic E-state index is 0.0322. The third-order valence-electron chi connectivity index (χ3n) is 4.74. The van der Waals surface area contributed by atoms with Gasteiger partial charge in [-0.05, 0) is 36.1 Å². The first-order valence-corrected chi connectivity index (χ1v) is 8.39. The molecule has 0 spiro atoms. The number of hydrogen-bond acceptors (Lipinski definition) is 3. The van der Waals surface area contributed by atoms with Crippen molar-refractivity contribution in [1.82, 2.24) is 4.90 Å². The molecule has 0 radical (unpaired) electrons. The Morgan fingerprint density at radius 2 is 1.60 bits per heavy atom. The summed E-state index contributed by atoms with van der Waals surface area (Å²) in [5.74, 6) is -1.08. The summed E-state index contributed by atoms with van der Waals surface area (Å²) in [5, 5.41) is 9.12. The molecule has 0 fully saturated rings. The Morgan fingerprint density at radius 3 is 2.08 bits per heavy atom. The Hall–Kier alpha value is -2.82. The molecule has 3 rings (SSSR count). The van der Waals surface area contributed by atoms with Crippen molar-refractivity contribution >= 4 is 12.1 Å². The van der Waals surface area contributed by atoms with E-state index in [-0.39, 0.29) is 19.1 Å². The number of carbonyl (C=O) groups is 2. The third kappa shape index (κ3) is 3.09. The zero-order valence-corrected chi connectivity index (χ0v) is 14.3. The molecule has 2 aromatic rings. The van der Waals surface area contributed by atoms with Crippen LogP contribution in [0.3, 0.4) is 0 Å². The van der Waals surface area contributed by atoms with E-state index in [1.807, 2.05) is 36.4 Å². The first kappa shape index (κ1) is 17.0. The number of nitrogens with zero attached hydrogens (tertiary/aromatic N) is 1. The molecule has 0 unspecified atom stereocenters. The minimum atomic E-state index is -1.05. The molecule has 0 bridgehead atoms. The first-order valence-electron chi connectivity index (χ1n) is 8.39. The van der Waals surface area contributed by atoms with E-state index in [2.05, 4.69) is 12.1 Å². The van der Waals surface area contributed by atoms with Crippen molar-refractivity contribution in [2.24, 2.45) is 0 Å². The normalized spacial score (nSPS) is 13.7. The van der Waals surface area contributed by atoms with Crippen LogP contribution in [0.1, 0.15) is 30.9 Å². The molecule has 1 aliphatic carbocycles. The molecule has 0 heterocycles. The van der Waals surface area contributed by atoms with Crippen LogP contribution in [-0.4, -0.2) is 41.3 Å². The summed E-state index contributed by atoms with van der Waals surface area (Å²) in [7, 11) is 0. The number of likely N-dealkylation sites (N-methyl/N-ethyl adjacent to an activating group) is 1. The van der Waals surface area contributed by atoms with Gasteiger partial charge in [0.05, 0.1) is 0 Å². The molecule has 1 aliphatic rings. The molecule has 25 heavy (non-hydrogen) atoms. The van der Waals surface area contributed by atoms with Crippen LogP contribution in [0.2, 0.25) is 0 Å². The summed E-state index contributed by atoms with van der Waals surface area (Å²) in [6.45, 7) is 3.69. The standard InChI is InChI=1S/C20H21NO4/c1-3-21(13(2)19(22)23)20(24)25-12-18-16-10-6-4-8-14(16)15-9-5-7-11-17(15)18/h4-11,13,18H,3,12H2,1-2H3,(H,22,23)/t13-/m1/s1. The fraction of sp³-hybridized carbons (Fsp3) is 0.300. The predicted octanol–water partition coefficient (Wildman–Crippen LogP) is 3.73. The van der Waals surface area contributed by atoms with E-state index in [1.54, 1.807) is 6.92 Å². The van der Waals surface area contributed by atoms with Crippen LogP contribution in [0, 0.1) is 0 Å². The van der Waals surface area contributed by atoms with Gasteiger partial charge in [-0.1, -0.05) is 48.5 Å². The second-order valence-electron chi connectivity index (χ2n) is 6.10. The van der Waals surface area contributed by atoms with E-state index < -0.39 is 18.1 Å². The van der Waals surface area contributed by atoms with Gasteiger partial charge >= 0.3 is 12.1 Å². The van der Waals surface area contributed by atoms with Gasteiger partial charge in [0, 0.05) is 12.5 Å². The smallest absolute Gasteiger partial charge is 0.410 e. The van der Waals surface area contributed by atoms with Crippen LogP contribution in [0.25, 0.3) is 11.1 Å². The molecular weight excluding hydrogens is 318 g/mol. The maximum Gasteiger partial charge on any atom is 0.410 e. The van der Waals surface area contributed by atoms with Gasteiger partial charge in [-0.3, -0.25) is 4.90 Å². The molecule has 0 saturated heterocycles. The highest BCUT2D eigenvalue weighted by Gasteiger charge is 2.31. The Labute approximate surface area is 146 Å². The number of aliphatic carboxylic acids is 1. The van der Waals surface area contributed by atoms with Crippen molar-refractivity contribution in [3.63, 3.8) is 0 Å². The monoisotopic (exact) mass is 339 g/mol. The zero-order chi connectivity index (χ0) is 18.0. The summed E-state index contributed by atoms with van der Waals surface area (Å²) in [5.41, 5.74) is 4.58. The fourth-order valence-corrected chi connectivity index (χ4v) is 3.37. The summed E-state index contributed by atoms with van der Waals surface area (Å²) >= 11 is 0. The number of benzene rings is 2. The largest absolute Gasteiger partial charge is 0.480 e.